The average molecular weight is 340 g/mol. The Kier molecular flexibility index (Phi) is 5.95. The summed E-state index contributed by atoms with van der Waals surface area (Å²) in [6, 6.07) is 11.6. The van der Waals surface area contributed by atoms with Crippen LogP contribution in [0.4, 0.5) is 11.5 Å². The summed E-state index contributed by atoms with van der Waals surface area (Å²) < 4.78 is 0. The number of anilines is 1. The van der Waals surface area contributed by atoms with E-state index in [4.69, 9.17) is 0 Å². The van der Waals surface area contributed by atoms with Crippen molar-refractivity contribution in [2.45, 2.75) is 38.8 Å². The molecule has 1 aromatic carbocycles. The van der Waals surface area contributed by atoms with Gasteiger partial charge in [-0.1, -0.05) is 37.1 Å². The fourth-order valence-electron chi connectivity index (χ4n) is 3.20. The number of rotatable bonds is 6. The maximum absolute atomic E-state index is 10.7. The van der Waals surface area contributed by atoms with Crippen molar-refractivity contribution in [1.82, 2.24) is 9.88 Å². The van der Waals surface area contributed by atoms with Crippen LogP contribution in [0.5, 0.6) is 0 Å². The zero-order valence-corrected chi connectivity index (χ0v) is 14.4. The van der Waals surface area contributed by atoms with Crippen LogP contribution in [-0.4, -0.2) is 27.9 Å². The molecule has 1 fully saturated rings. The van der Waals surface area contributed by atoms with Gasteiger partial charge in [0.25, 0.3) is 5.69 Å². The highest BCUT2D eigenvalue weighted by Crippen LogP contribution is 2.18. The number of nitrogens with zero attached hydrogens (tertiary/aromatic N) is 3. The van der Waals surface area contributed by atoms with Crippen molar-refractivity contribution in [1.29, 1.82) is 0 Å². The molecule has 0 radical (unpaired) electrons. The first kappa shape index (κ1) is 17.4. The second-order valence-corrected chi connectivity index (χ2v) is 6.47. The summed E-state index contributed by atoms with van der Waals surface area (Å²) >= 11 is 0. The van der Waals surface area contributed by atoms with E-state index in [-0.39, 0.29) is 5.69 Å². The van der Waals surface area contributed by atoms with Crippen molar-refractivity contribution in [3.8, 4) is 0 Å². The van der Waals surface area contributed by atoms with Crippen LogP contribution in [0, 0.1) is 10.1 Å². The highest BCUT2D eigenvalue weighted by Gasteiger charge is 2.12. The number of pyridine rings is 1. The number of benzene rings is 1. The lowest BCUT2D eigenvalue weighted by atomic mass is 10.1. The summed E-state index contributed by atoms with van der Waals surface area (Å²) in [7, 11) is 0. The number of likely N-dealkylation sites (tertiary alicyclic amines) is 1. The van der Waals surface area contributed by atoms with Gasteiger partial charge in [-0.05, 0) is 43.1 Å². The number of aromatic nitrogens is 1. The molecule has 0 saturated carbocycles. The summed E-state index contributed by atoms with van der Waals surface area (Å²) in [4.78, 5) is 16.9. The zero-order chi connectivity index (χ0) is 17.5. The van der Waals surface area contributed by atoms with Crippen LogP contribution >= 0.6 is 0 Å². The molecule has 1 aromatic heterocycles. The Balaban J connectivity index is 1.63. The van der Waals surface area contributed by atoms with Crippen molar-refractivity contribution < 1.29 is 4.92 Å². The molecule has 2 aromatic rings. The SMILES string of the molecule is O=[N+]([O-])c1ccc(NCc2ccccc2CN2CCCCCC2)nc1. The Morgan fingerprint density at radius 2 is 1.76 bits per heavy atom. The van der Waals surface area contributed by atoms with Gasteiger partial charge >= 0.3 is 0 Å². The van der Waals surface area contributed by atoms with Crippen molar-refractivity contribution in [3.63, 3.8) is 0 Å². The molecule has 0 spiro atoms. The van der Waals surface area contributed by atoms with Crippen LogP contribution in [0.2, 0.25) is 0 Å². The fourth-order valence-corrected chi connectivity index (χ4v) is 3.20. The van der Waals surface area contributed by atoms with E-state index in [0.717, 1.165) is 6.54 Å². The van der Waals surface area contributed by atoms with Gasteiger partial charge in [-0.2, -0.15) is 0 Å². The van der Waals surface area contributed by atoms with Crippen LogP contribution in [0.15, 0.2) is 42.6 Å². The van der Waals surface area contributed by atoms with Crippen LogP contribution in [0.3, 0.4) is 0 Å². The normalized spacial score (nSPS) is 15.5. The predicted molar refractivity (Wildman–Crippen MR) is 98.4 cm³/mol. The lowest BCUT2D eigenvalue weighted by Gasteiger charge is -2.21. The van der Waals surface area contributed by atoms with Gasteiger partial charge in [-0.3, -0.25) is 15.0 Å². The van der Waals surface area contributed by atoms with Crippen molar-refractivity contribution >= 4 is 11.5 Å². The maximum Gasteiger partial charge on any atom is 0.287 e. The lowest BCUT2D eigenvalue weighted by Crippen LogP contribution is -2.24. The summed E-state index contributed by atoms with van der Waals surface area (Å²) in [5.41, 5.74) is 2.58. The predicted octanol–water partition coefficient (Wildman–Crippen LogP) is 3.98. The van der Waals surface area contributed by atoms with Crippen LogP contribution < -0.4 is 5.32 Å². The van der Waals surface area contributed by atoms with Gasteiger partial charge in [0, 0.05) is 19.2 Å². The molecule has 0 aliphatic carbocycles. The number of nitrogens with one attached hydrogen (secondary N) is 1. The minimum Gasteiger partial charge on any atom is -0.366 e. The number of hydrogen-bond donors (Lipinski definition) is 1. The monoisotopic (exact) mass is 340 g/mol. The van der Waals surface area contributed by atoms with Gasteiger partial charge in [-0.25, -0.2) is 4.98 Å². The second kappa shape index (κ2) is 8.58. The first-order valence-corrected chi connectivity index (χ1v) is 8.86. The van der Waals surface area contributed by atoms with E-state index in [1.807, 2.05) is 6.07 Å². The van der Waals surface area contributed by atoms with Gasteiger partial charge in [0.15, 0.2) is 0 Å². The van der Waals surface area contributed by atoms with E-state index >= 15 is 0 Å². The summed E-state index contributed by atoms with van der Waals surface area (Å²) in [5, 5.41) is 14.0. The highest BCUT2D eigenvalue weighted by atomic mass is 16.6. The van der Waals surface area contributed by atoms with Crippen LogP contribution in [0.25, 0.3) is 0 Å². The third-order valence-corrected chi connectivity index (χ3v) is 4.63. The first-order chi connectivity index (χ1) is 12.2. The van der Waals surface area contributed by atoms with E-state index in [0.29, 0.717) is 12.4 Å². The van der Waals surface area contributed by atoms with Gasteiger partial charge < -0.3 is 5.32 Å². The van der Waals surface area contributed by atoms with E-state index < -0.39 is 4.92 Å². The van der Waals surface area contributed by atoms with E-state index in [1.54, 1.807) is 6.07 Å². The van der Waals surface area contributed by atoms with Gasteiger partial charge in [0.2, 0.25) is 0 Å². The molecule has 0 atom stereocenters. The molecule has 1 saturated heterocycles. The molecule has 6 heteroatoms. The molecule has 0 unspecified atom stereocenters. The van der Waals surface area contributed by atoms with Crippen LogP contribution in [0.1, 0.15) is 36.8 Å². The molecule has 1 N–H and O–H groups in total. The summed E-state index contributed by atoms with van der Waals surface area (Å²) in [5.74, 6) is 0.648. The van der Waals surface area contributed by atoms with Gasteiger partial charge in [0.1, 0.15) is 12.0 Å². The molecule has 6 nitrogen and oxygen atoms in total. The minimum atomic E-state index is -0.437. The molecule has 1 aliphatic rings. The Hall–Kier alpha value is -2.47. The summed E-state index contributed by atoms with van der Waals surface area (Å²) in [6.07, 6.45) is 6.53. The topological polar surface area (TPSA) is 71.3 Å². The highest BCUT2D eigenvalue weighted by molar-refractivity contribution is 5.41. The molecule has 3 rings (SSSR count). The molecule has 2 heterocycles. The number of hydrogen-bond acceptors (Lipinski definition) is 5. The molecule has 0 amide bonds. The summed E-state index contributed by atoms with van der Waals surface area (Å²) in [6.45, 7) is 3.98. The fraction of sp³-hybridized carbons (Fsp3) is 0.421. The zero-order valence-electron chi connectivity index (χ0n) is 14.4. The molecule has 25 heavy (non-hydrogen) atoms. The third-order valence-electron chi connectivity index (χ3n) is 4.63. The minimum absolute atomic E-state index is 0.00659. The quantitative estimate of drug-likeness (QED) is 0.636. The van der Waals surface area contributed by atoms with Crippen molar-refractivity contribution in [2.75, 3.05) is 18.4 Å². The van der Waals surface area contributed by atoms with Crippen molar-refractivity contribution in [3.05, 3.63) is 63.8 Å². The molecular formula is C19H24N4O2. The lowest BCUT2D eigenvalue weighted by molar-refractivity contribution is -0.385. The molecule has 1 aliphatic heterocycles. The molecule has 0 bridgehead atoms. The third kappa shape index (κ3) is 5.00. The Morgan fingerprint density at radius 1 is 1.04 bits per heavy atom. The standard InChI is InChI=1S/C19H24N4O2/c24-23(25)18-9-10-19(21-14-18)20-13-16-7-3-4-8-17(16)15-22-11-5-1-2-6-12-22/h3-4,7-10,14H,1-2,5-6,11-13,15H2,(H,20,21). The first-order valence-electron chi connectivity index (χ1n) is 8.86. The Labute approximate surface area is 148 Å². The van der Waals surface area contributed by atoms with E-state index in [9.17, 15) is 10.1 Å². The molecule has 132 valence electrons. The Morgan fingerprint density at radius 3 is 2.40 bits per heavy atom. The van der Waals surface area contributed by atoms with Crippen molar-refractivity contribution in [2.24, 2.45) is 0 Å². The smallest absolute Gasteiger partial charge is 0.287 e. The van der Waals surface area contributed by atoms with Crippen LogP contribution in [-0.2, 0) is 13.1 Å². The van der Waals surface area contributed by atoms with Gasteiger partial charge in [-0.15, -0.1) is 0 Å². The maximum atomic E-state index is 10.7. The second-order valence-electron chi connectivity index (χ2n) is 6.47. The largest absolute Gasteiger partial charge is 0.366 e. The van der Waals surface area contributed by atoms with E-state index in [1.165, 1.54) is 62.2 Å². The van der Waals surface area contributed by atoms with Gasteiger partial charge in [0.05, 0.1) is 4.92 Å². The average Bonchev–Trinajstić information content (AvgIpc) is 2.90. The van der Waals surface area contributed by atoms with E-state index in [2.05, 4.69) is 33.4 Å². The molecular weight excluding hydrogens is 316 g/mol. The Bertz CT molecular complexity index is 695. The number of nitro groups is 1.